The molecule has 1 aromatic rings. The molecule has 3 aliphatic rings. The van der Waals surface area contributed by atoms with Crippen LogP contribution in [-0.2, 0) is 10.2 Å². The molecule has 154 valence electrons. The first-order valence-electron chi connectivity index (χ1n) is 11.8. The minimum atomic E-state index is 0.0281. The third-order valence-corrected chi connectivity index (χ3v) is 7.67. The molecule has 0 aromatic heterocycles. The highest BCUT2D eigenvalue weighted by Gasteiger charge is 2.43. The van der Waals surface area contributed by atoms with Crippen molar-refractivity contribution < 1.29 is 4.74 Å². The number of nitrogens with one attached hydrogen (secondary N) is 1. The van der Waals surface area contributed by atoms with Gasteiger partial charge in [-0.05, 0) is 87.1 Å². The van der Waals surface area contributed by atoms with Crippen molar-refractivity contribution in [2.24, 2.45) is 5.92 Å². The topological polar surface area (TPSA) is 21.3 Å². The molecule has 2 nitrogen and oxygen atoms in total. The fourth-order valence-corrected chi connectivity index (χ4v) is 6.17. The Bertz CT molecular complexity index is 696. The maximum Gasteiger partial charge on any atom is 0.0598 e. The summed E-state index contributed by atoms with van der Waals surface area (Å²) in [7, 11) is 2.09. The lowest BCUT2D eigenvalue weighted by atomic mass is 9.76. The maximum atomic E-state index is 6.13. The van der Waals surface area contributed by atoms with Crippen molar-refractivity contribution in [1.29, 1.82) is 0 Å². The summed E-state index contributed by atoms with van der Waals surface area (Å²) < 4.78 is 6.13. The molecule has 1 N–H and O–H groups in total. The van der Waals surface area contributed by atoms with Crippen LogP contribution in [0.25, 0.3) is 5.57 Å². The van der Waals surface area contributed by atoms with Crippen LogP contribution in [0.3, 0.4) is 0 Å². The SMILES string of the molecule is CCOCC1(CC(C)NC)C=C(C2CCCC2)c2c(C3CCCC3)cccc21. The number of benzene rings is 1. The van der Waals surface area contributed by atoms with Gasteiger partial charge in [-0.3, -0.25) is 0 Å². The lowest BCUT2D eigenvalue weighted by Crippen LogP contribution is -2.36. The Labute approximate surface area is 172 Å². The number of hydrogen-bond acceptors (Lipinski definition) is 2. The number of ether oxygens (including phenoxy) is 1. The predicted molar refractivity (Wildman–Crippen MR) is 119 cm³/mol. The largest absolute Gasteiger partial charge is 0.380 e. The molecule has 0 heterocycles. The molecule has 2 saturated carbocycles. The molecule has 0 radical (unpaired) electrons. The van der Waals surface area contributed by atoms with E-state index in [2.05, 4.69) is 50.5 Å². The Morgan fingerprint density at radius 3 is 2.39 bits per heavy atom. The second-order valence-corrected chi connectivity index (χ2v) is 9.52. The summed E-state index contributed by atoms with van der Waals surface area (Å²) in [6.07, 6.45) is 14.9. The highest BCUT2D eigenvalue weighted by molar-refractivity contribution is 5.81. The van der Waals surface area contributed by atoms with E-state index in [9.17, 15) is 0 Å². The average molecular weight is 382 g/mol. The van der Waals surface area contributed by atoms with Crippen molar-refractivity contribution >= 4 is 5.57 Å². The monoisotopic (exact) mass is 381 g/mol. The summed E-state index contributed by atoms with van der Waals surface area (Å²) in [6, 6.07) is 7.69. The molecule has 0 saturated heterocycles. The van der Waals surface area contributed by atoms with Gasteiger partial charge in [0, 0.05) is 18.1 Å². The summed E-state index contributed by atoms with van der Waals surface area (Å²) in [5, 5.41) is 3.49. The average Bonchev–Trinajstić information content (AvgIpc) is 3.47. The molecule has 0 amide bonds. The van der Waals surface area contributed by atoms with Crippen LogP contribution in [-0.4, -0.2) is 26.3 Å². The van der Waals surface area contributed by atoms with Crippen LogP contribution in [0.15, 0.2) is 24.3 Å². The molecule has 0 bridgehead atoms. The second kappa shape index (κ2) is 8.71. The zero-order chi connectivity index (χ0) is 19.6. The summed E-state index contributed by atoms with van der Waals surface area (Å²) in [5.41, 5.74) is 6.57. The third kappa shape index (κ3) is 3.71. The Morgan fingerprint density at radius 2 is 1.75 bits per heavy atom. The van der Waals surface area contributed by atoms with Gasteiger partial charge in [-0.25, -0.2) is 0 Å². The normalized spacial score (nSPS) is 26.6. The Morgan fingerprint density at radius 1 is 1.07 bits per heavy atom. The predicted octanol–water partition coefficient (Wildman–Crippen LogP) is 6.20. The van der Waals surface area contributed by atoms with Gasteiger partial charge < -0.3 is 10.1 Å². The molecule has 1 aromatic carbocycles. The van der Waals surface area contributed by atoms with E-state index in [0.717, 1.165) is 31.5 Å². The summed E-state index contributed by atoms with van der Waals surface area (Å²) in [5.74, 6) is 1.53. The van der Waals surface area contributed by atoms with Gasteiger partial charge in [-0.2, -0.15) is 0 Å². The van der Waals surface area contributed by atoms with Gasteiger partial charge in [0.15, 0.2) is 0 Å². The summed E-state index contributed by atoms with van der Waals surface area (Å²) >= 11 is 0. The highest BCUT2D eigenvalue weighted by atomic mass is 16.5. The Balaban J connectivity index is 1.83. The number of allylic oxidation sites excluding steroid dienone is 1. The van der Waals surface area contributed by atoms with Crippen LogP contribution in [0, 0.1) is 5.92 Å². The molecule has 2 unspecified atom stereocenters. The molecule has 2 atom stereocenters. The van der Waals surface area contributed by atoms with Gasteiger partial charge in [0.1, 0.15) is 0 Å². The van der Waals surface area contributed by atoms with Crippen molar-refractivity contribution in [3.63, 3.8) is 0 Å². The Hall–Kier alpha value is -1.12. The van der Waals surface area contributed by atoms with Gasteiger partial charge in [0.2, 0.25) is 0 Å². The number of hydrogen-bond donors (Lipinski definition) is 1. The minimum Gasteiger partial charge on any atom is -0.380 e. The molecule has 28 heavy (non-hydrogen) atoms. The number of fused-ring (bicyclic) bond motifs is 1. The van der Waals surface area contributed by atoms with E-state index in [0.29, 0.717) is 6.04 Å². The van der Waals surface area contributed by atoms with Crippen molar-refractivity contribution in [1.82, 2.24) is 5.32 Å². The van der Waals surface area contributed by atoms with Crippen LogP contribution < -0.4 is 5.32 Å². The zero-order valence-corrected chi connectivity index (χ0v) is 18.2. The highest BCUT2D eigenvalue weighted by Crippen LogP contribution is 2.53. The first-order valence-corrected chi connectivity index (χ1v) is 11.8. The van der Waals surface area contributed by atoms with E-state index in [-0.39, 0.29) is 5.41 Å². The van der Waals surface area contributed by atoms with Gasteiger partial charge in [0.25, 0.3) is 0 Å². The van der Waals surface area contributed by atoms with E-state index in [4.69, 9.17) is 4.74 Å². The van der Waals surface area contributed by atoms with Crippen molar-refractivity contribution in [2.75, 3.05) is 20.3 Å². The van der Waals surface area contributed by atoms with Gasteiger partial charge in [-0.1, -0.05) is 50.0 Å². The molecule has 2 heteroatoms. The third-order valence-electron chi connectivity index (χ3n) is 7.67. The van der Waals surface area contributed by atoms with Crippen molar-refractivity contribution in [3.8, 4) is 0 Å². The van der Waals surface area contributed by atoms with Crippen LogP contribution in [0.5, 0.6) is 0 Å². The Kier molecular flexibility index (Phi) is 6.27. The molecule has 4 rings (SSSR count). The van der Waals surface area contributed by atoms with Gasteiger partial charge in [0.05, 0.1) is 6.61 Å². The fourth-order valence-electron chi connectivity index (χ4n) is 6.17. The lowest BCUT2D eigenvalue weighted by molar-refractivity contribution is 0.103. The van der Waals surface area contributed by atoms with E-state index in [1.807, 2.05) is 0 Å². The smallest absolute Gasteiger partial charge is 0.0598 e. The molecular formula is C26H39NO. The zero-order valence-electron chi connectivity index (χ0n) is 18.2. The second-order valence-electron chi connectivity index (χ2n) is 9.52. The lowest BCUT2D eigenvalue weighted by Gasteiger charge is -2.32. The standard InChI is InChI=1S/C26H39NO/c1-4-28-18-26(16-19(2)27-3)17-23(21-12-7-8-13-21)25-22(14-9-15-24(25)26)20-10-5-6-11-20/h9,14-15,17,19-21,27H,4-8,10-13,16,18H2,1-3H3. The molecule has 0 aliphatic heterocycles. The molecule has 3 aliphatic carbocycles. The fraction of sp³-hybridized carbons (Fsp3) is 0.692. The molecular weight excluding hydrogens is 342 g/mol. The number of rotatable bonds is 8. The van der Waals surface area contributed by atoms with Gasteiger partial charge >= 0.3 is 0 Å². The van der Waals surface area contributed by atoms with Crippen molar-refractivity contribution in [2.45, 2.75) is 89.0 Å². The van der Waals surface area contributed by atoms with Crippen LogP contribution in [0.1, 0.15) is 94.2 Å². The van der Waals surface area contributed by atoms with Crippen LogP contribution in [0.4, 0.5) is 0 Å². The summed E-state index contributed by atoms with van der Waals surface area (Å²) in [4.78, 5) is 0. The quantitative estimate of drug-likeness (QED) is 0.578. The van der Waals surface area contributed by atoms with E-state index >= 15 is 0 Å². The van der Waals surface area contributed by atoms with Gasteiger partial charge in [-0.15, -0.1) is 0 Å². The molecule has 2 fully saturated rings. The summed E-state index contributed by atoms with van der Waals surface area (Å²) in [6.45, 7) is 6.05. The first kappa shape index (κ1) is 20.2. The van der Waals surface area contributed by atoms with Crippen LogP contribution >= 0.6 is 0 Å². The van der Waals surface area contributed by atoms with E-state index in [1.165, 1.54) is 51.4 Å². The maximum absolute atomic E-state index is 6.13. The first-order chi connectivity index (χ1) is 13.7. The van der Waals surface area contributed by atoms with E-state index < -0.39 is 0 Å². The van der Waals surface area contributed by atoms with Crippen molar-refractivity contribution in [3.05, 3.63) is 41.0 Å². The molecule has 0 spiro atoms. The van der Waals surface area contributed by atoms with Crippen LogP contribution in [0.2, 0.25) is 0 Å². The van der Waals surface area contributed by atoms with E-state index in [1.54, 1.807) is 22.3 Å². The minimum absolute atomic E-state index is 0.0281.